The Balaban J connectivity index is 2.63. The summed E-state index contributed by atoms with van der Waals surface area (Å²) in [5, 5.41) is 3.20. The fourth-order valence-electron chi connectivity index (χ4n) is 1.50. The van der Waals surface area contributed by atoms with Crippen LogP contribution in [0.5, 0.6) is 0 Å². The van der Waals surface area contributed by atoms with E-state index in [1.807, 2.05) is 0 Å². The van der Waals surface area contributed by atoms with E-state index in [1.165, 1.54) is 7.05 Å². The van der Waals surface area contributed by atoms with E-state index in [0.29, 0.717) is 11.4 Å². The first kappa shape index (κ1) is 13.3. The van der Waals surface area contributed by atoms with E-state index >= 15 is 0 Å². The van der Waals surface area contributed by atoms with Crippen LogP contribution in [0.25, 0.3) is 0 Å². The Hall–Kier alpha value is -0.740. The minimum atomic E-state index is -4.15. The third kappa shape index (κ3) is 4.86. The molecule has 0 aromatic heterocycles. The van der Waals surface area contributed by atoms with E-state index in [9.17, 15) is 13.2 Å². The van der Waals surface area contributed by atoms with E-state index in [1.54, 1.807) is 24.3 Å². The number of hydrogen-bond acceptors (Lipinski definition) is 1. The van der Waals surface area contributed by atoms with E-state index in [4.69, 9.17) is 11.6 Å². The molecule has 0 spiro atoms. The molecule has 0 aliphatic heterocycles. The molecular formula is C11H13ClF3N. The molecule has 0 saturated heterocycles. The summed E-state index contributed by atoms with van der Waals surface area (Å²) in [5.41, 5.74) is 0.802. The molecule has 5 heteroatoms. The number of halogens is 4. The zero-order valence-electron chi connectivity index (χ0n) is 8.81. The SMILES string of the molecule is CNC(Cc1cccc(Cl)c1)CC(F)(F)F. The molecule has 1 rings (SSSR count). The Morgan fingerprint density at radius 1 is 1.38 bits per heavy atom. The summed E-state index contributed by atoms with van der Waals surface area (Å²) < 4.78 is 36.6. The molecule has 0 radical (unpaired) electrons. The van der Waals surface area contributed by atoms with Crippen molar-refractivity contribution < 1.29 is 13.2 Å². The van der Waals surface area contributed by atoms with Crippen molar-refractivity contribution in [1.29, 1.82) is 0 Å². The molecule has 1 N–H and O–H groups in total. The lowest BCUT2D eigenvalue weighted by molar-refractivity contribution is -0.139. The molecule has 0 heterocycles. The molecule has 90 valence electrons. The predicted molar refractivity (Wildman–Crippen MR) is 58.7 cm³/mol. The summed E-state index contributed by atoms with van der Waals surface area (Å²) in [6.45, 7) is 0. The van der Waals surface area contributed by atoms with Gasteiger partial charge in [-0.05, 0) is 31.2 Å². The number of rotatable bonds is 4. The molecular weight excluding hydrogens is 239 g/mol. The van der Waals surface area contributed by atoms with Gasteiger partial charge in [-0.15, -0.1) is 0 Å². The number of benzene rings is 1. The maximum absolute atomic E-state index is 12.2. The van der Waals surface area contributed by atoms with Crippen molar-refractivity contribution in [2.75, 3.05) is 7.05 Å². The highest BCUT2D eigenvalue weighted by Crippen LogP contribution is 2.23. The molecule has 0 amide bonds. The van der Waals surface area contributed by atoms with Gasteiger partial charge in [-0.1, -0.05) is 23.7 Å². The Labute approximate surface area is 97.6 Å². The second kappa shape index (κ2) is 5.55. The van der Waals surface area contributed by atoms with E-state index in [0.717, 1.165) is 5.56 Å². The van der Waals surface area contributed by atoms with Gasteiger partial charge in [-0.3, -0.25) is 0 Å². The van der Waals surface area contributed by atoms with Gasteiger partial charge in [0.15, 0.2) is 0 Å². The third-order valence-corrected chi connectivity index (χ3v) is 2.49. The second-order valence-corrected chi connectivity index (χ2v) is 4.08. The van der Waals surface area contributed by atoms with Gasteiger partial charge in [0.05, 0.1) is 6.42 Å². The normalized spacial score (nSPS) is 13.8. The van der Waals surface area contributed by atoms with Gasteiger partial charge in [0.2, 0.25) is 0 Å². The third-order valence-electron chi connectivity index (χ3n) is 2.26. The fourth-order valence-corrected chi connectivity index (χ4v) is 1.72. The van der Waals surface area contributed by atoms with Crippen molar-refractivity contribution >= 4 is 11.6 Å². The van der Waals surface area contributed by atoms with Gasteiger partial charge in [-0.2, -0.15) is 13.2 Å². The molecule has 1 unspecified atom stereocenters. The van der Waals surface area contributed by atoms with Crippen LogP contribution in [0, 0.1) is 0 Å². The first-order valence-corrected chi connectivity index (χ1v) is 5.27. The number of nitrogens with one attached hydrogen (secondary N) is 1. The molecule has 0 bridgehead atoms. The summed E-state index contributed by atoms with van der Waals surface area (Å²) >= 11 is 5.76. The van der Waals surface area contributed by atoms with Crippen LogP contribution in [0.2, 0.25) is 5.02 Å². The molecule has 0 aliphatic carbocycles. The average molecular weight is 252 g/mol. The lowest BCUT2D eigenvalue weighted by Crippen LogP contribution is -2.32. The standard InChI is InChI=1S/C11H13ClF3N/c1-16-10(7-11(13,14)15)6-8-3-2-4-9(12)5-8/h2-5,10,16H,6-7H2,1H3. The van der Waals surface area contributed by atoms with Gasteiger partial charge >= 0.3 is 6.18 Å². The summed E-state index contributed by atoms with van der Waals surface area (Å²) in [4.78, 5) is 0. The van der Waals surface area contributed by atoms with Gasteiger partial charge in [0.1, 0.15) is 0 Å². The first-order valence-electron chi connectivity index (χ1n) is 4.89. The van der Waals surface area contributed by atoms with Crippen molar-refractivity contribution in [3.8, 4) is 0 Å². The molecule has 0 fully saturated rings. The van der Waals surface area contributed by atoms with Crippen molar-refractivity contribution in [2.24, 2.45) is 0 Å². The Bertz CT molecular complexity index is 338. The van der Waals surface area contributed by atoms with E-state index in [-0.39, 0.29) is 0 Å². The van der Waals surface area contributed by atoms with E-state index in [2.05, 4.69) is 5.32 Å². The lowest BCUT2D eigenvalue weighted by Gasteiger charge is -2.18. The monoisotopic (exact) mass is 251 g/mol. The topological polar surface area (TPSA) is 12.0 Å². The molecule has 0 saturated carbocycles. The molecule has 1 nitrogen and oxygen atoms in total. The minimum absolute atomic E-state index is 0.316. The maximum atomic E-state index is 12.2. The summed E-state index contributed by atoms with van der Waals surface area (Å²) in [5.74, 6) is 0. The van der Waals surface area contributed by atoms with Gasteiger partial charge in [-0.25, -0.2) is 0 Å². The Morgan fingerprint density at radius 3 is 2.56 bits per heavy atom. The van der Waals surface area contributed by atoms with Crippen LogP contribution < -0.4 is 5.32 Å². The van der Waals surface area contributed by atoms with Crippen LogP contribution >= 0.6 is 11.6 Å². The lowest BCUT2D eigenvalue weighted by atomic mass is 10.0. The zero-order valence-corrected chi connectivity index (χ0v) is 9.57. The van der Waals surface area contributed by atoms with Crippen LogP contribution in [-0.4, -0.2) is 19.3 Å². The van der Waals surface area contributed by atoms with Crippen molar-refractivity contribution in [1.82, 2.24) is 5.32 Å². The first-order chi connectivity index (χ1) is 7.40. The highest BCUT2D eigenvalue weighted by molar-refractivity contribution is 6.30. The number of likely N-dealkylation sites (N-methyl/N-ethyl adjacent to an activating group) is 1. The number of hydrogen-bond donors (Lipinski definition) is 1. The van der Waals surface area contributed by atoms with Gasteiger partial charge in [0, 0.05) is 11.1 Å². The van der Waals surface area contributed by atoms with Crippen molar-refractivity contribution in [2.45, 2.75) is 25.1 Å². The second-order valence-electron chi connectivity index (χ2n) is 3.64. The van der Waals surface area contributed by atoms with Crippen LogP contribution in [0.3, 0.4) is 0 Å². The largest absolute Gasteiger partial charge is 0.390 e. The quantitative estimate of drug-likeness (QED) is 0.865. The van der Waals surface area contributed by atoms with Gasteiger partial charge in [0.25, 0.3) is 0 Å². The molecule has 1 atom stereocenters. The highest BCUT2D eigenvalue weighted by atomic mass is 35.5. The van der Waals surface area contributed by atoms with Crippen LogP contribution in [0.15, 0.2) is 24.3 Å². The van der Waals surface area contributed by atoms with E-state index < -0.39 is 18.6 Å². The predicted octanol–water partition coefficient (Wildman–Crippen LogP) is 3.42. The van der Waals surface area contributed by atoms with Crippen LogP contribution in [0.4, 0.5) is 13.2 Å². The Morgan fingerprint density at radius 2 is 2.06 bits per heavy atom. The molecule has 16 heavy (non-hydrogen) atoms. The molecule has 0 aliphatic rings. The minimum Gasteiger partial charge on any atom is -0.316 e. The van der Waals surface area contributed by atoms with Crippen LogP contribution in [0.1, 0.15) is 12.0 Å². The smallest absolute Gasteiger partial charge is 0.316 e. The molecule has 1 aromatic carbocycles. The summed E-state index contributed by atoms with van der Waals surface area (Å²) in [7, 11) is 1.53. The summed E-state index contributed by atoms with van der Waals surface area (Å²) in [6, 6.07) is 6.27. The highest BCUT2D eigenvalue weighted by Gasteiger charge is 2.31. The zero-order chi connectivity index (χ0) is 12.2. The Kier molecular flexibility index (Phi) is 4.62. The van der Waals surface area contributed by atoms with Crippen LogP contribution in [-0.2, 0) is 6.42 Å². The summed E-state index contributed by atoms with van der Waals surface area (Å²) in [6.07, 6.45) is -4.67. The van der Waals surface area contributed by atoms with Crippen molar-refractivity contribution in [3.05, 3.63) is 34.9 Å². The van der Waals surface area contributed by atoms with Crippen molar-refractivity contribution in [3.63, 3.8) is 0 Å². The fraction of sp³-hybridized carbons (Fsp3) is 0.455. The maximum Gasteiger partial charge on any atom is 0.390 e. The molecule has 1 aromatic rings. The van der Waals surface area contributed by atoms with Gasteiger partial charge < -0.3 is 5.32 Å². The number of alkyl halides is 3. The average Bonchev–Trinajstić information content (AvgIpc) is 2.14.